The molecule has 1 nitrogen and oxygen atoms in total. The van der Waals surface area contributed by atoms with E-state index in [1.807, 2.05) is 6.07 Å². The topological polar surface area (TPSA) is 12.0 Å². The maximum atomic E-state index is 13.2. The summed E-state index contributed by atoms with van der Waals surface area (Å²) >= 11 is 3.43. The van der Waals surface area contributed by atoms with Crippen LogP contribution in [0.1, 0.15) is 49.5 Å². The SMILES string of the molecule is CCc1ccc(C(C)NC(C)c2ccc(F)cc2Br)cc1. The fourth-order valence-corrected chi connectivity index (χ4v) is 3.15. The molecule has 3 heteroatoms. The van der Waals surface area contributed by atoms with Gasteiger partial charge in [0.1, 0.15) is 5.82 Å². The van der Waals surface area contributed by atoms with Crippen molar-refractivity contribution in [2.24, 2.45) is 0 Å². The summed E-state index contributed by atoms with van der Waals surface area (Å²) in [4.78, 5) is 0. The molecular weight excluding hydrogens is 329 g/mol. The first-order chi connectivity index (χ1) is 10.0. The van der Waals surface area contributed by atoms with Crippen LogP contribution in [0.15, 0.2) is 46.9 Å². The Bertz CT molecular complexity index is 595. The van der Waals surface area contributed by atoms with Gasteiger partial charge in [0.2, 0.25) is 0 Å². The number of benzene rings is 2. The van der Waals surface area contributed by atoms with Crippen molar-refractivity contribution in [3.63, 3.8) is 0 Å². The minimum absolute atomic E-state index is 0.140. The minimum atomic E-state index is -0.221. The van der Waals surface area contributed by atoms with Gasteiger partial charge in [0, 0.05) is 16.6 Å². The van der Waals surface area contributed by atoms with Crippen molar-refractivity contribution < 1.29 is 4.39 Å². The smallest absolute Gasteiger partial charge is 0.124 e. The fraction of sp³-hybridized carbons (Fsp3) is 0.333. The van der Waals surface area contributed by atoms with Gasteiger partial charge in [0.15, 0.2) is 0 Å². The second kappa shape index (κ2) is 7.19. The molecule has 0 aliphatic carbocycles. The summed E-state index contributed by atoms with van der Waals surface area (Å²) < 4.78 is 14.0. The van der Waals surface area contributed by atoms with Crippen LogP contribution in [0.3, 0.4) is 0 Å². The van der Waals surface area contributed by atoms with Crippen LogP contribution in [0, 0.1) is 5.82 Å². The largest absolute Gasteiger partial charge is 0.304 e. The molecule has 2 atom stereocenters. The molecule has 2 aromatic carbocycles. The maximum absolute atomic E-state index is 13.2. The first kappa shape index (κ1) is 16.2. The van der Waals surface area contributed by atoms with E-state index < -0.39 is 0 Å². The first-order valence-electron chi connectivity index (χ1n) is 7.31. The van der Waals surface area contributed by atoms with Crippen molar-refractivity contribution in [2.45, 2.75) is 39.3 Å². The molecule has 2 unspecified atom stereocenters. The average Bonchev–Trinajstić information content (AvgIpc) is 2.47. The third-order valence-corrected chi connectivity index (χ3v) is 4.50. The highest BCUT2D eigenvalue weighted by atomic mass is 79.9. The number of rotatable bonds is 5. The molecule has 0 bridgehead atoms. The van der Waals surface area contributed by atoms with Gasteiger partial charge in [-0.25, -0.2) is 4.39 Å². The van der Waals surface area contributed by atoms with Gasteiger partial charge in [0.25, 0.3) is 0 Å². The molecule has 0 spiro atoms. The predicted molar refractivity (Wildman–Crippen MR) is 89.9 cm³/mol. The monoisotopic (exact) mass is 349 g/mol. The number of hydrogen-bond acceptors (Lipinski definition) is 1. The standard InChI is InChI=1S/C18H21BrFN/c1-4-14-5-7-15(8-6-14)12(2)21-13(3)17-10-9-16(20)11-18(17)19/h5-13,21H,4H2,1-3H3. The van der Waals surface area contributed by atoms with Gasteiger partial charge in [0.05, 0.1) is 0 Å². The lowest BCUT2D eigenvalue weighted by Crippen LogP contribution is -2.22. The Morgan fingerprint density at radius 1 is 1.05 bits per heavy atom. The first-order valence-corrected chi connectivity index (χ1v) is 8.10. The van der Waals surface area contributed by atoms with Crippen LogP contribution in [0.25, 0.3) is 0 Å². The summed E-state index contributed by atoms with van der Waals surface area (Å²) in [6, 6.07) is 13.9. The van der Waals surface area contributed by atoms with E-state index in [1.165, 1.54) is 23.3 Å². The van der Waals surface area contributed by atoms with E-state index in [2.05, 4.69) is 66.3 Å². The third kappa shape index (κ3) is 4.14. The van der Waals surface area contributed by atoms with Crippen molar-refractivity contribution in [3.05, 3.63) is 69.4 Å². The van der Waals surface area contributed by atoms with Crippen LogP contribution < -0.4 is 5.32 Å². The van der Waals surface area contributed by atoms with E-state index in [0.717, 1.165) is 16.5 Å². The van der Waals surface area contributed by atoms with Crippen molar-refractivity contribution >= 4 is 15.9 Å². The lowest BCUT2D eigenvalue weighted by Gasteiger charge is -2.22. The molecule has 0 saturated heterocycles. The summed E-state index contributed by atoms with van der Waals surface area (Å²) in [5.74, 6) is -0.221. The Balaban J connectivity index is 2.08. The molecule has 0 aliphatic rings. The fourth-order valence-electron chi connectivity index (χ4n) is 2.46. The van der Waals surface area contributed by atoms with Gasteiger partial charge in [-0.05, 0) is 49.1 Å². The van der Waals surface area contributed by atoms with Crippen LogP contribution in [0.4, 0.5) is 4.39 Å². The van der Waals surface area contributed by atoms with Crippen LogP contribution in [0.5, 0.6) is 0 Å². The van der Waals surface area contributed by atoms with Crippen LogP contribution in [-0.2, 0) is 6.42 Å². The second-order valence-corrected chi connectivity index (χ2v) is 6.23. The van der Waals surface area contributed by atoms with E-state index in [-0.39, 0.29) is 17.9 Å². The molecule has 112 valence electrons. The third-order valence-electron chi connectivity index (χ3n) is 3.82. The summed E-state index contributed by atoms with van der Waals surface area (Å²) in [7, 11) is 0. The summed E-state index contributed by atoms with van der Waals surface area (Å²) in [6.07, 6.45) is 1.06. The quantitative estimate of drug-likeness (QED) is 0.744. The number of hydrogen-bond donors (Lipinski definition) is 1. The van der Waals surface area contributed by atoms with E-state index >= 15 is 0 Å². The average molecular weight is 350 g/mol. The summed E-state index contributed by atoms with van der Waals surface area (Å²) in [5.41, 5.74) is 3.67. The van der Waals surface area contributed by atoms with Gasteiger partial charge in [-0.15, -0.1) is 0 Å². The number of nitrogens with one attached hydrogen (secondary N) is 1. The minimum Gasteiger partial charge on any atom is -0.304 e. The van der Waals surface area contributed by atoms with E-state index in [1.54, 1.807) is 0 Å². The van der Waals surface area contributed by atoms with Gasteiger partial charge in [-0.2, -0.15) is 0 Å². The molecule has 1 N–H and O–H groups in total. The Morgan fingerprint density at radius 3 is 2.29 bits per heavy atom. The van der Waals surface area contributed by atoms with Crippen LogP contribution in [-0.4, -0.2) is 0 Å². The molecule has 21 heavy (non-hydrogen) atoms. The van der Waals surface area contributed by atoms with Crippen molar-refractivity contribution in [1.29, 1.82) is 0 Å². The van der Waals surface area contributed by atoms with E-state index in [0.29, 0.717) is 0 Å². The normalized spacial score (nSPS) is 14.0. The zero-order valence-corrected chi connectivity index (χ0v) is 14.2. The highest BCUT2D eigenvalue weighted by Gasteiger charge is 2.14. The predicted octanol–water partition coefficient (Wildman–Crippen LogP) is 5.56. The highest BCUT2D eigenvalue weighted by molar-refractivity contribution is 9.10. The molecule has 2 rings (SSSR count). The Morgan fingerprint density at radius 2 is 1.71 bits per heavy atom. The zero-order chi connectivity index (χ0) is 15.4. The number of halogens is 2. The van der Waals surface area contributed by atoms with Gasteiger partial charge >= 0.3 is 0 Å². The molecule has 0 saturated carbocycles. The van der Waals surface area contributed by atoms with E-state index in [4.69, 9.17) is 0 Å². The van der Waals surface area contributed by atoms with Gasteiger partial charge in [-0.3, -0.25) is 0 Å². The second-order valence-electron chi connectivity index (χ2n) is 5.37. The van der Waals surface area contributed by atoms with E-state index in [9.17, 15) is 4.39 Å². The molecule has 0 aliphatic heterocycles. The molecule has 0 aromatic heterocycles. The highest BCUT2D eigenvalue weighted by Crippen LogP contribution is 2.26. The molecule has 0 amide bonds. The Labute approximate surface area is 134 Å². The maximum Gasteiger partial charge on any atom is 0.124 e. The van der Waals surface area contributed by atoms with Crippen LogP contribution >= 0.6 is 15.9 Å². The van der Waals surface area contributed by atoms with Gasteiger partial charge < -0.3 is 5.32 Å². The molecule has 0 fully saturated rings. The number of aryl methyl sites for hydroxylation is 1. The Hall–Kier alpha value is -1.19. The lowest BCUT2D eigenvalue weighted by atomic mass is 10.0. The van der Waals surface area contributed by atoms with Crippen molar-refractivity contribution in [1.82, 2.24) is 5.32 Å². The molecular formula is C18H21BrFN. The summed E-state index contributed by atoms with van der Waals surface area (Å²) in [6.45, 7) is 6.40. The lowest BCUT2D eigenvalue weighted by molar-refractivity contribution is 0.492. The Kier molecular flexibility index (Phi) is 5.54. The summed E-state index contributed by atoms with van der Waals surface area (Å²) in [5, 5.41) is 3.56. The van der Waals surface area contributed by atoms with Gasteiger partial charge in [-0.1, -0.05) is 53.2 Å². The zero-order valence-electron chi connectivity index (χ0n) is 12.7. The molecule has 2 aromatic rings. The van der Waals surface area contributed by atoms with Crippen LogP contribution in [0.2, 0.25) is 0 Å². The molecule has 0 heterocycles. The van der Waals surface area contributed by atoms with Crippen molar-refractivity contribution in [2.75, 3.05) is 0 Å². The molecule has 0 radical (unpaired) electrons. The van der Waals surface area contributed by atoms with Crippen molar-refractivity contribution in [3.8, 4) is 0 Å².